The summed E-state index contributed by atoms with van der Waals surface area (Å²) in [5, 5.41) is 18.9. The molecule has 5 N–H and O–H groups in total. The largest absolute Gasteiger partial charge is 0.481 e. The summed E-state index contributed by atoms with van der Waals surface area (Å²) >= 11 is 0. The van der Waals surface area contributed by atoms with Crippen LogP contribution in [-0.2, 0) is 20.8 Å². The zero-order chi connectivity index (χ0) is 31.2. The number of para-hydroxylation sites is 1. The molecule has 0 aliphatic carbocycles. The Hall–Kier alpha value is -5.32. The standard InChI is InChI=1S/C33H34N4O7/c1-19(2)13-26(33(42)37-25(17-31(39)40)22-9-12-28-29(16-22)44-18-43-28)36-30(38)14-20-7-10-23(11-8-20)34-32(41)27-15-21-5-3-4-6-24(21)35-27/h3-12,15-16,19,25-26,35H,13-14,17-18H2,1-2H3,(H,34,41)(H,36,38)(H,37,42)(H,39,40)/t25-,26-/m0/s1. The highest BCUT2D eigenvalue weighted by Gasteiger charge is 2.27. The first-order chi connectivity index (χ1) is 21.1. The van der Waals surface area contributed by atoms with Gasteiger partial charge in [0.15, 0.2) is 11.5 Å². The van der Waals surface area contributed by atoms with Crippen LogP contribution >= 0.6 is 0 Å². The number of carbonyl (C=O) groups excluding carboxylic acids is 3. The van der Waals surface area contributed by atoms with E-state index in [-0.39, 0.29) is 37.4 Å². The number of aromatic amines is 1. The monoisotopic (exact) mass is 598 g/mol. The van der Waals surface area contributed by atoms with Crippen molar-refractivity contribution in [2.24, 2.45) is 5.92 Å². The van der Waals surface area contributed by atoms with Gasteiger partial charge in [-0.25, -0.2) is 0 Å². The van der Waals surface area contributed by atoms with Gasteiger partial charge in [0.2, 0.25) is 18.6 Å². The zero-order valence-corrected chi connectivity index (χ0v) is 24.4. The number of H-pyrrole nitrogens is 1. The smallest absolute Gasteiger partial charge is 0.305 e. The van der Waals surface area contributed by atoms with E-state index in [2.05, 4.69) is 20.9 Å². The Kier molecular flexibility index (Phi) is 9.13. The molecule has 2 heterocycles. The second kappa shape index (κ2) is 13.3. The molecule has 0 saturated carbocycles. The van der Waals surface area contributed by atoms with Gasteiger partial charge < -0.3 is 35.5 Å². The molecule has 1 aromatic heterocycles. The van der Waals surface area contributed by atoms with Crippen LogP contribution in [0.5, 0.6) is 11.5 Å². The van der Waals surface area contributed by atoms with Gasteiger partial charge in [-0.15, -0.1) is 0 Å². The molecule has 0 saturated heterocycles. The second-order valence-corrected chi connectivity index (χ2v) is 11.1. The molecule has 3 amide bonds. The van der Waals surface area contributed by atoms with Crippen LogP contribution in [0.3, 0.4) is 0 Å². The van der Waals surface area contributed by atoms with Crippen molar-refractivity contribution in [1.29, 1.82) is 0 Å². The van der Waals surface area contributed by atoms with E-state index < -0.39 is 24.0 Å². The number of hydrogen-bond donors (Lipinski definition) is 5. The Labute approximate surface area is 253 Å². The first kappa shape index (κ1) is 30.1. The Morgan fingerprint density at radius 1 is 0.909 bits per heavy atom. The predicted octanol–water partition coefficient (Wildman–Crippen LogP) is 4.55. The number of aromatic nitrogens is 1. The van der Waals surface area contributed by atoms with E-state index in [0.717, 1.165) is 10.9 Å². The molecule has 0 radical (unpaired) electrons. The molecule has 3 aromatic carbocycles. The van der Waals surface area contributed by atoms with Crippen molar-refractivity contribution < 1.29 is 33.8 Å². The van der Waals surface area contributed by atoms with Crippen LogP contribution in [0.1, 0.15) is 54.3 Å². The molecule has 2 atom stereocenters. The van der Waals surface area contributed by atoms with E-state index in [1.165, 1.54) is 0 Å². The number of ether oxygens (including phenoxy) is 2. The number of carboxylic acids is 1. The first-order valence-electron chi connectivity index (χ1n) is 14.3. The van der Waals surface area contributed by atoms with Crippen molar-refractivity contribution in [3.05, 3.63) is 89.6 Å². The Morgan fingerprint density at radius 3 is 2.39 bits per heavy atom. The summed E-state index contributed by atoms with van der Waals surface area (Å²) in [7, 11) is 0. The molecular formula is C33H34N4O7. The summed E-state index contributed by atoms with van der Waals surface area (Å²) in [6, 6.07) is 19.6. The maximum atomic E-state index is 13.4. The molecule has 1 aliphatic heterocycles. The molecule has 0 unspecified atom stereocenters. The number of carboxylic acid groups (broad SMARTS) is 1. The third-order valence-corrected chi connectivity index (χ3v) is 7.20. The normalized spacial score (nSPS) is 13.3. The van der Waals surface area contributed by atoms with E-state index >= 15 is 0 Å². The molecule has 0 spiro atoms. The van der Waals surface area contributed by atoms with Crippen molar-refractivity contribution in [3.8, 4) is 11.5 Å². The van der Waals surface area contributed by atoms with Crippen LogP contribution in [0.15, 0.2) is 72.8 Å². The quantitative estimate of drug-likeness (QED) is 0.160. The van der Waals surface area contributed by atoms with E-state index in [9.17, 15) is 24.3 Å². The van der Waals surface area contributed by atoms with Gasteiger partial charge in [-0.2, -0.15) is 0 Å². The number of hydrogen-bond acceptors (Lipinski definition) is 6. The molecule has 11 nitrogen and oxygen atoms in total. The maximum absolute atomic E-state index is 13.4. The fourth-order valence-corrected chi connectivity index (χ4v) is 5.06. The Morgan fingerprint density at radius 2 is 1.66 bits per heavy atom. The maximum Gasteiger partial charge on any atom is 0.305 e. The van der Waals surface area contributed by atoms with E-state index in [1.54, 1.807) is 48.5 Å². The Bertz CT molecular complexity index is 1650. The molecule has 1 aliphatic rings. The number of aliphatic carboxylic acids is 1. The van der Waals surface area contributed by atoms with Gasteiger partial charge >= 0.3 is 5.97 Å². The average molecular weight is 599 g/mol. The molecule has 44 heavy (non-hydrogen) atoms. The highest BCUT2D eigenvalue weighted by atomic mass is 16.7. The van der Waals surface area contributed by atoms with Crippen LogP contribution in [0, 0.1) is 5.92 Å². The number of benzene rings is 3. The third kappa shape index (κ3) is 7.54. The first-order valence-corrected chi connectivity index (χ1v) is 14.3. The molecule has 5 rings (SSSR count). The van der Waals surface area contributed by atoms with Gasteiger partial charge in [-0.05, 0) is 59.9 Å². The van der Waals surface area contributed by atoms with Crippen LogP contribution in [-0.4, -0.2) is 46.6 Å². The van der Waals surface area contributed by atoms with Crippen LogP contribution in [0.2, 0.25) is 0 Å². The van der Waals surface area contributed by atoms with Gasteiger partial charge in [0.05, 0.1) is 18.9 Å². The number of nitrogens with one attached hydrogen (secondary N) is 4. The molecule has 4 aromatic rings. The number of fused-ring (bicyclic) bond motifs is 2. The molecule has 0 bridgehead atoms. The minimum atomic E-state index is -1.08. The van der Waals surface area contributed by atoms with Crippen molar-refractivity contribution in [2.75, 3.05) is 12.1 Å². The fourth-order valence-electron chi connectivity index (χ4n) is 5.06. The van der Waals surface area contributed by atoms with Gasteiger partial charge in [-0.1, -0.05) is 50.2 Å². The van der Waals surface area contributed by atoms with E-state index in [1.807, 2.05) is 38.1 Å². The molecule has 228 valence electrons. The summed E-state index contributed by atoms with van der Waals surface area (Å²) in [6.45, 7) is 3.93. The summed E-state index contributed by atoms with van der Waals surface area (Å²) in [4.78, 5) is 53.8. The zero-order valence-electron chi connectivity index (χ0n) is 24.4. The van der Waals surface area contributed by atoms with Gasteiger partial charge in [0, 0.05) is 16.6 Å². The summed E-state index contributed by atoms with van der Waals surface area (Å²) in [6.07, 6.45) is 0.0208. The topological polar surface area (TPSA) is 159 Å². The Balaban J connectivity index is 1.20. The summed E-state index contributed by atoms with van der Waals surface area (Å²) in [5.74, 6) is -1.11. The lowest BCUT2D eigenvalue weighted by Crippen LogP contribution is -2.49. The van der Waals surface area contributed by atoms with Gasteiger partial charge in [-0.3, -0.25) is 19.2 Å². The van der Waals surface area contributed by atoms with Crippen LogP contribution in [0.25, 0.3) is 10.9 Å². The third-order valence-electron chi connectivity index (χ3n) is 7.20. The van der Waals surface area contributed by atoms with Crippen LogP contribution < -0.4 is 25.4 Å². The second-order valence-electron chi connectivity index (χ2n) is 11.1. The average Bonchev–Trinajstić information content (AvgIpc) is 3.64. The number of anilines is 1. The lowest BCUT2D eigenvalue weighted by molar-refractivity contribution is -0.138. The molecule has 0 fully saturated rings. The SMILES string of the molecule is CC(C)C[C@H](NC(=O)Cc1ccc(NC(=O)c2cc3ccccc3[nH]2)cc1)C(=O)N[C@@H](CC(=O)O)c1ccc2c(c1)OCO2. The predicted molar refractivity (Wildman–Crippen MR) is 163 cm³/mol. The highest BCUT2D eigenvalue weighted by molar-refractivity contribution is 6.06. The summed E-state index contributed by atoms with van der Waals surface area (Å²) < 4.78 is 10.7. The van der Waals surface area contributed by atoms with Crippen molar-refractivity contribution in [2.45, 2.75) is 45.2 Å². The minimum Gasteiger partial charge on any atom is -0.481 e. The van der Waals surface area contributed by atoms with Gasteiger partial charge in [0.1, 0.15) is 11.7 Å². The van der Waals surface area contributed by atoms with Gasteiger partial charge in [0.25, 0.3) is 5.91 Å². The van der Waals surface area contributed by atoms with Crippen molar-refractivity contribution in [3.63, 3.8) is 0 Å². The van der Waals surface area contributed by atoms with E-state index in [0.29, 0.717) is 40.4 Å². The van der Waals surface area contributed by atoms with E-state index in [4.69, 9.17) is 9.47 Å². The molecular weight excluding hydrogens is 564 g/mol. The highest BCUT2D eigenvalue weighted by Crippen LogP contribution is 2.35. The number of amides is 3. The van der Waals surface area contributed by atoms with Crippen LogP contribution in [0.4, 0.5) is 5.69 Å². The fraction of sp³-hybridized carbons (Fsp3) is 0.273. The van der Waals surface area contributed by atoms with Crippen molar-refractivity contribution in [1.82, 2.24) is 15.6 Å². The molecule has 11 heteroatoms. The lowest BCUT2D eigenvalue weighted by Gasteiger charge is -2.24. The lowest BCUT2D eigenvalue weighted by atomic mass is 9.99. The number of rotatable bonds is 12. The van der Waals surface area contributed by atoms with Crippen molar-refractivity contribution >= 4 is 40.3 Å². The summed E-state index contributed by atoms with van der Waals surface area (Å²) in [5.41, 5.74) is 3.13. The number of carbonyl (C=O) groups is 4. The minimum absolute atomic E-state index is 0.0127.